The Bertz CT molecular complexity index is 1070. The van der Waals surface area contributed by atoms with Gasteiger partial charge in [-0.3, -0.25) is 4.98 Å². The van der Waals surface area contributed by atoms with Crippen molar-refractivity contribution in [1.29, 1.82) is 0 Å². The number of rotatable bonds is 4. The molecule has 130 valence electrons. The predicted octanol–water partition coefficient (Wildman–Crippen LogP) is 5.19. The van der Waals surface area contributed by atoms with Crippen molar-refractivity contribution in [3.05, 3.63) is 56.6 Å². The molecule has 0 bridgehead atoms. The highest BCUT2D eigenvalue weighted by Gasteiger charge is 2.25. The van der Waals surface area contributed by atoms with Gasteiger partial charge in [0.05, 0.1) is 11.6 Å². The van der Waals surface area contributed by atoms with E-state index in [0.29, 0.717) is 15.4 Å². The van der Waals surface area contributed by atoms with Crippen LogP contribution in [-0.2, 0) is 10.1 Å². The summed E-state index contributed by atoms with van der Waals surface area (Å²) in [5.41, 5.74) is 0.397. The molecule has 0 saturated carbocycles. The number of hydrogen-bond donors (Lipinski definition) is 0. The Morgan fingerprint density at radius 1 is 1.12 bits per heavy atom. The molecular formula is C16H10Br2ClNO4S. The van der Waals surface area contributed by atoms with Gasteiger partial charge < -0.3 is 8.92 Å². The molecule has 0 unspecified atom stereocenters. The molecule has 0 amide bonds. The second-order valence-electron chi connectivity index (χ2n) is 4.90. The van der Waals surface area contributed by atoms with Gasteiger partial charge in [0.15, 0.2) is 5.75 Å². The van der Waals surface area contributed by atoms with Crippen molar-refractivity contribution in [2.24, 2.45) is 0 Å². The van der Waals surface area contributed by atoms with Gasteiger partial charge in [-0.05, 0) is 46.3 Å². The van der Waals surface area contributed by atoms with Crippen LogP contribution in [0.4, 0.5) is 0 Å². The maximum absolute atomic E-state index is 12.8. The molecular weight excluding hydrogens is 498 g/mol. The van der Waals surface area contributed by atoms with Crippen LogP contribution in [0, 0.1) is 0 Å². The number of pyridine rings is 1. The summed E-state index contributed by atoms with van der Waals surface area (Å²) < 4.78 is 37.3. The van der Waals surface area contributed by atoms with E-state index in [9.17, 15) is 8.42 Å². The average Bonchev–Trinajstić information content (AvgIpc) is 2.58. The molecule has 9 heteroatoms. The molecule has 0 radical (unpaired) electrons. The second-order valence-corrected chi connectivity index (χ2v) is 8.56. The summed E-state index contributed by atoms with van der Waals surface area (Å²) in [7, 11) is -2.83. The third-order valence-electron chi connectivity index (χ3n) is 3.34. The third kappa shape index (κ3) is 3.62. The van der Waals surface area contributed by atoms with Crippen LogP contribution in [0.15, 0.2) is 56.4 Å². The summed E-state index contributed by atoms with van der Waals surface area (Å²) in [6, 6.07) is 9.53. The Morgan fingerprint density at radius 2 is 1.88 bits per heavy atom. The molecule has 1 aromatic heterocycles. The maximum atomic E-state index is 12.8. The molecule has 0 saturated heterocycles. The third-order valence-corrected chi connectivity index (χ3v) is 6.06. The van der Waals surface area contributed by atoms with Crippen molar-refractivity contribution in [2.75, 3.05) is 7.11 Å². The number of aromatic nitrogens is 1. The summed E-state index contributed by atoms with van der Waals surface area (Å²) >= 11 is 12.7. The lowest BCUT2D eigenvalue weighted by molar-refractivity contribution is 0.398. The molecule has 0 aliphatic heterocycles. The van der Waals surface area contributed by atoms with Gasteiger partial charge in [0.2, 0.25) is 0 Å². The number of nitrogens with zero attached hydrogens (tertiary/aromatic N) is 1. The van der Waals surface area contributed by atoms with Crippen molar-refractivity contribution < 1.29 is 17.3 Å². The molecule has 0 aliphatic carbocycles. The molecule has 1 heterocycles. The molecule has 3 aromatic rings. The Labute approximate surface area is 166 Å². The van der Waals surface area contributed by atoms with Crippen LogP contribution >= 0.6 is 43.5 Å². The fraction of sp³-hybridized carbons (Fsp3) is 0.0625. The monoisotopic (exact) mass is 505 g/mol. The summed E-state index contributed by atoms with van der Waals surface area (Å²) in [5, 5.41) is 0.967. The SMILES string of the molecule is COc1ccc(Cl)cc1S(=O)(=O)Oc1c(Br)cc(Br)c2cccnc12. The number of halogens is 3. The van der Waals surface area contributed by atoms with E-state index < -0.39 is 10.1 Å². The Hall–Kier alpha value is -1.35. The molecule has 25 heavy (non-hydrogen) atoms. The lowest BCUT2D eigenvalue weighted by Crippen LogP contribution is -2.12. The number of hydrogen-bond acceptors (Lipinski definition) is 5. The van der Waals surface area contributed by atoms with Gasteiger partial charge in [-0.1, -0.05) is 33.6 Å². The molecule has 0 aliphatic rings. The summed E-state index contributed by atoms with van der Waals surface area (Å²) in [5.74, 6) is 0.218. The fourth-order valence-electron chi connectivity index (χ4n) is 2.23. The Morgan fingerprint density at radius 3 is 2.60 bits per heavy atom. The van der Waals surface area contributed by atoms with E-state index in [1.54, 1.807) is 24.4 Å². The molecule has 0 spiro atoms. The van der Waals surface area contributed by atoms with Crippen LogP contribution < -0.4 is 8.92 Å². The summed E-state index contributed by atoms with van der Waals surface area (Å²) in [6.45, 7) is 0. The zero-order chi connectivity index (χ0) is 18.2. The number of ether oxygens (including phenoxy) is 1. The van der Waals surface area contributed by atoms with Crippen molar-refractivity contribution >= 4 is 64.5 Å². The van der Waals surface area contributed by atoms with Crippen molar-refractivity contribution in [3.63, 3.8) is 0 Å². The number of benzene rings is 2. The van der Waals surface area contributed by atoms with Gasteiger partial charge in [-0.2, -0.15) is 8.42 Å². The highest BCUT2D eigenvalue weighted by molar-refractivity contribution is 9.11. The minimum absolute atomic E-state index is 0.0841. The van der Waals surface area contributed by atoms with Crippen LogP contribution in [0.5, 0.6) is 11.5 Å². The quantitative estimate of drug-likeness (QED) is 0.455. The average molecular weight is 508 g/mol. The molecule has 5 nitrogen and oxygen atoms in total. The molecule has 0 N–H and O–H groups in total. The Balaban J connectivity index is 2.18. The van der Waals surface area contributed by atoms with E-state index in [0.717, 1.165) is 4.47 Å². The van der Waals surface area contributed by atoms with Crippen LogP contribution in [0.3, 0.4) is 0 Å². The first-order valence-corrected chi connectivity index (χ1v) is 10.2. The fourth-order valence-corrected chi connectivity index (χ4v) is 5.07. The van der Waals surface area contributed by atoms with Gasteiger partial charge >= 0.3 is 10.1 Å². The smallest absolute Gasteiger partial charge is 0.343 e. The van der Waals surface area contributed by atoms with E-state index in [2.05, 4.69) is 36.8 Å². The van der Waals surface area contributed by atoms with Gasteiger partial charge in [0.25, 0.3) is 0 Å². The Kier molecular flexibility index (Phi) is 5.24. The maximum Gasteiger partial charge on any atom is 0.343 e. The van der Waals surface area contributed by atoms with E-state index in [1.807, 2.05) is 0 Å². The van der Waals surface area contributed by atoms with Crippen molar-refractivity contribution in [3.8, 4) is 11.5 Å². The zero-order valence-electron chi connectivity index (χ0n) is 12.7. The van der Waals surface area contributed by atoms with Crippen LogP contribution in [-0.4, -0.2) is 20.5 Å². The normalized spacial score (nSPS) is 11.5. The van der Waals surface area contributed by atoms with Crippen LogP contribution in [0.25, 0.3) is 10.9 Å². The predicted molar refractivity (Wildman–Crippen MR) is 103 cm³/mol. The largest absolute Gasteiger partial charge is 0.495 e. The number of methoxy groups -OCH3 is 1. The molecule has 3 rings (SSSR count). The van der Waals surface area contributed by atoms with Gasteiger partial charge in [-0.25, -0.2) is 0 Å². The van der Waals surface area contributed by atoms with Crippen LogP contribution in [0.1, 0.15) is 0 Å². The lowest BCUT2D eigenvalue weighted by atomic mass is 10.2. The first-order chi connectivity index (χ1) is 11.8. The lowest BCUT2D eigenvalue weighted by Gasteiger charge is -2.14. The van der Waals surface area contributed by atoms with Gasteiger partial charge in [0.1, 0.15) is 16.2 Å². The molecule has 2 aromatic carbocycles. The van der Waals surface area contributed by atoms with Crippen molar-refractivity contribution in [1.82, 2.24) is 4.98 Å². The first-order valence-electron chi connectivity index (χ1n) is 6.84. The van der Waals surface area contributed by atoms with Gasteiger partial charge in [0, 0.05) is 21.1 Å². The minimum Gasteiger partial charge on any atom is -0.495 e. The minimum atomic E-state index is -4.20. The van der Waals surface area contributed by atoms with Crippen molar-refractivity contribution in [2.45, 2.75) is 4.90 Å². The molecule has 0 fully saturated rings. The van der Waals surface area contributed by atoms with Crippen LogP contribution in [0.2, 0.25) is 5.02 Å². The highest BCUT2D eigenvalue weighted by Crippen LogP contribution is 2.39. The van der Waals surface area contributed by atoms with E-state index in [1.165, 1.54) is 25.3 Å². The number of fused-ring (bicyclic) bond motifs is 1. The zero-order valence-corrected chi connectivity index (χ0v) is 17.4. The first kappa shape index (κ1) is 18.4. The standard InChI is InChI=1S/C16H10Br2ClNO4S/c1-23-13-5-4-9(19)7-14(13)25(21,22)24-16-12(18)8-11(17)10-3-2-6-20-15(10)16/h2-8H,1H3. The highest BCUT2D eigenvalue weighted by atomic mass is 79.9. The van der Waals surface area contributed by atoms with E-state index in [-0.39, 0.29) is 21.4 Å². The topological polar surface area (TPSA) is 65.5 Å². The van der Waals surface area contributed by atoms with E-state index in [4.69, 9.17) is 20.5 Å². The second kappa shape index (κ2) is 7.11. The molecule has 0 atom stereocenters. The van der Waals surface area contributed by atoms with Gasteiger partial charge in [-0.15, -0.1) is 0 Å². The summed E-state index contributed by atoms with van der Waals surface area (Å²) in [4.78, 5) is 4.07. The van der Waals surface area contributed by atoms with E-state index >= 15 is 0 Å². The summed E-state index contributed by atoms with van der Waals surface area (Å²) in [6.07, 6.45) is 1.56.